The summed E-state index contributed by atoms with van der Waals surface area (Å²) in [6, 6.07) is 6.19. The number of carbonyl (C=O) groups is 2. The van der Waals surface area contributed by atoms with Gasteiger partial charge in [-0.3, -0.25) is 9.80 Å². The van der Waals surface area contributed by atoms with E-state index in [-0.39, 0.29) is 6.54 Å². The smallest absolute Gasteiger partial charge is 0.426 e. The van der Waals surface area contributed by atoms with Crippen LogP contribution in [0.3, 0.4) is 0 Å². The van der Waals surface area contributed by atoms with E-state index in [2.05, 4.69) is 0 Å². The highest BCUT2D eigenvalue weighted by Crippen LogP contribution is 2.28. The lowest BCUT2D eigenvalue weighted by Gasteiger charge is -2.32. The summed E-state index contributed by atoms with van der Waals surface area (Å²) in [4.78, 5) is 22.0. The molecule has 1 aliphatic rings. The van der Waals surface area contributed by atoms with Crippen LogP contribution >= 0.6 is 0 Å². The molecule has 19 heavy (non-hydrogen) atoms. The number of anilines is 1. The van der Waals surface area contributed by atoms with Crippen molar-refractivity contribution in [1.82, 2.24) is 5.01 Å². The Bertz CT molecular complexity index is 506. The average molecular weight is 265 g/mol. The second-order valence-electron chi connectivity index (χ2n) is 4.31. The number of hydrogen-bond donors (Lipinski definition) is 3. The minimum Gasteiger partial charge on any atom is -0.480 e. The molecule has 1 amide bonds. The van der Waals surface area contributed by atoms with Crippen LogP contribution in [0.5, 0.6) is 0 Å². The molecule has 1 atom stereocenters. The fourth-order valence-electron chi connectivity index (χ4n) is 2.12. The Morgan fingerprint density at radius 1 is 1.37 bits per heavy atom. The molecule has 0 aliphatic carbocycles. The molecule has 102 valence electrons. The van der Waals surface area contributed by atoms with Crippen LogP contribution in [0.15, 0.2) is 24.3 Å². The third kappa shape index (κ3) is 2.60. The second kappa shape index (κ2) is 5.15. The van der Waals surface area contributed by atoms with Gasteiger partial charge in [0.2, 0.25) is 0 Å². The molecule has 7 nitrogen and oxygen atoms in total. The number of hydrazine groups is 1. The van der Waals surface area contributed by atoms with E-state index < -0.39 is 18.1 Å². The summed E-state index contributed by atoms with van der Waals surface area (Å²) >= 11 is 0. The molecular formula is C12H15N3O4. The minimum absolute atomic E-state index is 0.279. The molecule has 1 aromatic carbocycles. The second-order valence-corrected chi connectivity index (χ2v) is 4.31. The molecule has 4 N–H and O–H groups in total. The zero-order valence-corrected chi connectivity index (χ0v) is 10.2. The summed E-state index contributed by atoms with van der Waals surface area (Å²) in [6.07, 6.45) is -0.490. The molecule has 0 saturated carbocycles. The normalized spacial score (nSPS) is 14.9. The van der Waals surface area contributed by atoms with Crippen molar-refractivity contribution in [3.05, 3.63) is 29.8 Å². The van der Waals surface area contributed by atoms with Crippen molar-refractivity contribution in [1.29, 1.82) is 0 Å². The first-order valence-corrected chi connectivity index (χ1v) is 5.85. The van der Waals surface area contributed by atoms with Gasteiger partial charge in [-0.15, -0.1) is 0 Å². The van der Waals surface area contributed by atoms with Crippen LogP contribution in [0.1, 0.15) is 5.56 Å². The molecule has 2 rings (SSSR count). The minimum atomic E-state index is -1.25. The number of carboxylic acid groups (broad SMARTS) is 2. The Balaban J connectivity index is 2.22. The molecule has 1 aromatic rings. The lowest BCUT2D eigenvalue weighted by molar-refractivity contribution is -0.138. The van der Waals surface area contributed by atoms with E-state index in [9.17, 15) is 14.7 Å². The van der Waals surface area contributed by atoms with Crippen LogP contribution in [0.2, 0.25) is 0 Å². The molecule has 0 saturated heterocycles. The zero-order valence-electron chi connectivity index (χ0n) is 10.2. The van der Waals surface area contributed by atoms with Gasteiger partial charge in [0.15, 0.2) is 0 Å². The van der Waals surface area contributed by atoms with Crippen molar-refractivity contribution < 1.29 is 19.8 Å². The van der Waals surface area contributed by atoms with Gasteiger partial charge < -0.3 is 15.9 Å². The van der Waals surface area contributed by atoms with E-state index in [0.717, 1.165) is 22.7 Å². The molecule has 1 heterocycles. The number of para-hydroxylation sites is 1. The number of nitrogens with zero attached hydrogens (tertiary/aromatic N) is 2. The van der Waals surface area contributed by atoms with Gasteiger partial charge in [0.1, 0.15) is 6.04 Å². The maximum Gasteiger partial charge on any atom is 0.426 e. The number of fused-ring (bicyclic) bond motifs is 1. The predicted molar refractivity (Wildman–Crippen MR) is 67.8 cm³/mol. The fraction of sp³-hybridized carbons (Fsp3) is 0.333. The molecule has 0 unspecified atom stereocenters. The Hall–Kier alpha value is -2.28. The Kier molecular flexibility index (Phi) is 3.57. The third-order valence-electron chi connectivity index (χ3n) is 3.06. The Labute approximate surface area is 109 Å². The van der Waals surface area contributed by atoms with Gasteiger partial charge in [-0.2, -0.15) is 0 Å². The van der Waals surface area contributed by atoms with Crippen LogP contribution in [0.4, 0.5) is 10.5 Å². The summed E-state index contributed by atoms with van der Waals surface area (Å²) in [5.41, 5.74) is 7.23. The fourth-order valence-corrected chi connectivity index (χ4v) is 2.12. The molecule has 0 spiro atoms. The van der Waals surface area contributed by atoms with E-state index in [1.165, 1.54) is 0 Å². The number of nitrogens with two attached hydrogens (primary N) is 1. The molecule has 7 heteroatoms. The van der Waals surface area contributed by atoms with Crippen molar-refractivity contribution in [2.24, 2.45) is 5.73 Å². The van der Waals surface area contributed by atoms with E-state index in [0.29, 0.717) is 6.54 Å². The maximum absolute atomic E-state index is 11.3. The molecule has 0 bridgehead atoms. The summed E-state index contributed by atoms with van der Waals surface area (Å²) in [7, 11) is 0. The van der Waals surface area contributed by atoms with Gasteiger partial charge in [-0.25, -0.2) is 9.80 Å². The molecule has 0 radical (unpaired) electrons. The number of aliphatic carboxylic acids is 1. The average Bonchev–Trinajstić information content (AvgIpc) is 2.78. The topological polar surface area (TPSA) is 107 Å². The highest BCUT2D eigenvalue weighted by atomic mass is 16.4. The van der Waals surface area contributed by atoms with Crippen LogP contribution in [-0.4, -0.2) is 46.4 Å². The van der Waals surface area contributed by atoms with Crippen LogP contribution in [-0.2, 0) is 11.2 Å². The molecule has 1 aliphatic heterocycles. The standard InChI is InChI=1S/C12H15N3O4/c13-9(11(16)17)7-15(12(18)19)14-6-5-8-3-1-2-4-10(8)14/h1-4,9H,5-7,13H2,(H,16,17)(H,18,19)/t9-/m0/s1. The first kappa shape index (κ1) is 13.2. The molecular weight excluding hydrogens is 250 g/mol. The Morgan fingerprint density at radius 3 is 2.68 bits per heavy atom. The lowest BCUT2D eigenvalue weighted by Crippen LogP contribution is -2.52. The monoisotopic (exact) mass is 265 g/mol. The van der Waals surface area contributed by atoms with E-state index in [1.54, 1.807) is 5.01 Å². The summed E-state index contributed by atoms with van der Waals surface area (Å²) in [5, 5.41) is 20.5. The quantitative estimate of drug-likeness (QED) is 0.725. The molecule has 0 fully saturated rings. The highest BCUT2D eigenvalue weighted by Gasteiger charge is 2.30. The van der Waals surface area contributed by atoms with Crippen molar-refractivity contribution in [2.75, 3.05) is 18.1 Å². The van der Waals surface area contributed by atoms with Gasteiger partial charge in [0, 0.05) is 6.54 Å². The molecule has 0 aromatic heterocycles. The first-order valence-electron chi connectivity index (χ1n) is 5.85. The predicted octanol–water partition coefficient (Wildman–Crippen LogP) is 0.356. The first-order chi connectivity index (χ1) is 9.00. The number of carboxylic acids is 1. The van der Waals surface area contributed by atoms with Gasteiger partial charge in [-0.05, 0) is 18.1 Å². The van der Waals surface area contributed by atoms with E-state index in [1.807, 2.05) is 24.3 Å². The van der Waals surface area contributed by atoms with E-state index in [4.69, 9.17) is 10.8 Å². The zero-order chi connectivity index (χ0) is 14.0. The maximum atomic E-state index is 11.3. The number of benzene rings is 1. The van der Waals surface area contributed by atoms with Crippen LogP contribution in [0.25, 0.3) is 0 Å². The van der Waals surface area contributed by atoms with Gasteiger partial charge >= 0.3 is 12.1 Å². The van der Waals surface area contributed by atoms with Crippen molar-refractivity contribution in [2.45, 2.75) is 12.5 Å². The summed E-state index contributed by atoms with van der Waals surface area (Å²) in [6.45, 7) is 0.219. The third-order valence-corrected chi connectivity index (χ3v) is 3.06. The number of amides is 1. The van der Waals surface area contributed by atoms with Gasteiger partial charge in [0.25, 0.3) is 0 Å². The van der Waals surface area contributed by atoms with Gasteiger partial charge in [-0.1, -0.05) is 18.2 Å². The van der Waals surface area contributed by atoms with Crippen molar-refractivity contribution in [3.8, 4) is 0 Å². The van der Waals surface area contributed by atoms with E-state index >= 15 is 0 Å². The summed E-state index contributed by atoms with van der Waals surface area (Å²) in [5.74, 6) is -1.22. The van der Waals surface area contributed by atoms with Crippen LogP contribution < -0.4 is 10.7 Å². The van der Waals surface area contributed by atoms with Crippen molar-refractivity contribution in [3.63, 3.8) is 0 Å². The number of hydrogen-bond acceptors (Lipinski definition) is 4. The SMILES string of the molecule is N[C@@H](CN(C(=O)O)N1CCc2ccccc21)C(=O)O. The summed E-state index contributed by atoms with van der Waals surface area (Å²) < 4.78 is 0. The largest absolute Gasteiger partial charge is 0.480 e. The van der Waals surface area contributed by atoms with Crippen molar-refractivity contribution >= 4 is 17.7 Å². The lowest BCUT2D eigenvalue weighted by atomic mass is 10.2. The van der Waals surface area contributed by atoms with Crippen LogP contribution in [0, 0.1) is 0 Å². The van der Waals surface area contributed by atoms with Gasteiger partial charge in [0.05, 0.1) is 12.2 Å². The Morgan fingerprint density at radius 2 is 2.05 bits per heavy atom. The number of rotatable bonds is 4. The highest BCUT2D eigenvalue weighted by molar-refractivity contribution is 5.76.